The molecule has 0 aliphatic rings. The van der Waals surface area contributed by atoms with Crippen molar-refractivity contribution in [2.75, 3.05) is 0 Å². The predicted octanol–water partition coefficient (Wildman–Crippen LogP) is 3.50. The van der Waals surface area contributed by atoms with E-state index in [1.165, 1.54) is 11.1 Å². The largest absolute Gasteiger partial charge is 0.487 e. The Morgan fingerprint density at radius 3 is 2.33 bits per heavy atom. The maximum absolute atomic E-state index is 5.93. The second-order valence-corrected chi connectivity index (χ2v) is 5.32. The molecular weight excluding hydrogens is 260 g/mol. The Kier molecular flexibility index (Phi) is 5.76. The minimum atomic E-state index is 0.182. The fourth-order valence-electron chi connectivity index (χ4n) is 2.07. The maximum atomic E-state index is 5.93. The molecule has 1 unspecified atom stereocenters. The Balaban J connectivity index is 1.88. The molecule has 21 heavy (non-hydrogen) atoms. The van der Waals surface area contributed by atoms with E-state index in [-0.39, 0.29) is 6.04 Å². The van der Waals surface area contributed by atoms with Crippen molar-refractivity contribution < 1.29 is 4.74 Å². The number of nitrogens with zero attached hydrogens (tertiary/aromatic N) is 1. The second kappa shape index (κ2) is 7.79. The first-order valence-corrected chi connectivity index (χ1v) is 7.62. The third-order valence-electron chi connectivity index (χ3n) is 3.63. The van der Waals surface area contributed by atoms with Crippen LogP contribution in [0.5, 0.6) is 5.75 Å². The van der Waals surface area contributed by atoms with Crippen LogP contribution in [0.4, 0.5) is 0 Å². The summed E-state index contributed by atoms with van der Waals surface area (Å²) in [7, 11) is 0. The van der Waals surface area contributed by atoms with Gasteiger partial charge < -0.3 is 10.5 Å². The van der Waals surface area contributed by atoms with Gasteiger partial charge in [0, 0.05) is 18.2 Å². The molecule has 2 aromatic rings. The van der Waals surface area contributed by atoms with Crippen LogP contribution in [0.25, 0.3) is 0 Å². The Hall–Kier alpha value is -1.87. The molecule has 0 radical (unpaired) electrons. The summed E-state index contributed by atoms with van der Waals surface area (Å²) < 4.78 is 5.76. The monoisotopic (exact) mass is 284 g/mol. The lowest BCUT2D eigenvalue weighted by Crippen LogP contribution is -2.21. The zero-order valence-electron chi connectivity index (χ0n) is 12.9. The summed E-state index contributed by atoms with van der Waals surface area (Å²) in [6.07, 6.45) is 4.62. The quantitative estimate of drug-likeness (QED) is 0.846. The highest BCUT2D eigenvalue weighted by atomic mass is 16.5. The van der Waals surface area contributed by atoms with Crippen LogP contribution in [0, 0.1) is 0 Å². The minimum absolute atomic E-state index is 0.182. The van der Waals surface area contributed by atoms with Crippen molar-refractivity contribution in [3.8, 4) is 5.75 Å². The molecule has 2 rings (SSSR count). The molecule has 0 bridgehead atoms. The van der Waals surface area contributed by atoms with Crippen molar-refractivity contribution in [1.82, 2.24) is 4.98 Å². The van der Waals surface area contributed by atoms with Gasteiger partial charge in [-0.25, -0.2) is 0 Å². The van der Waals surface area contributed by atoms with E-state index in [0.29, 0.717) is 6.61 Å². The lowest BCUT2D eigenvalue weighted by Gasteiger charge is -2.09. The van der Waals surface area contributed by atoms with Crippen LogP contribution in [0.1, 0.15) is 37.1 Å². The lowest BCUT2D eigenvalue weighted by molar-refractivity contribution is 0.304. The van der Waals surface area contributed by atoms with Crippen LogP contribution < -0.4 is 10.5 Å². The Bertz CT molecular complexity index is 534. The van der Waals surface area contributed by atoms with Gasteiger partial charge in [0.05, 0.1) is 6.20 Å². The minimum Gasteiger partial charge on any atom is -0.487 e. The molecule has 112 valence electrons. The first kappa shape index (κ1) is 15.5. The predicted molar refractivity (Wildman–Crippen MR) is 86.4 cm³/mol. The van der Waals surface area contributed by atoms with Crippen LogP contribution in [0.15, 0.2) is 42.6 Å². The molecule has 0 aliphatic heterocycles. The molecule has 2 N–H and O–H groups in total. The number of nitrogens with two attached hydrogens (primary N) is 1. The van der Waals surface area contributed by atoms with Crippen LogP contribution in [0.2, 0.25) is 0 Å². The highest BCUT2D eigenvalue weighted by Crippen LogP contribution is 2.13. The van der Waals surface area contributed by atoms with Crippen LogP contribution in [-0.2, 0) is 19.4 Å². The summed E-state index contributed by atoms with van der Waals surface area (Å²) in [6.45, 7) is 4.81. The van der Waals surface area contributed by atoms with Crippen molar-refractivity contribution in [2.45, 2.75) is 45.8 Å². The van der Waals surface area contributed by atoms with Gasteiger partial charge in [0.25, 0.3) is 0 Å². The van der Waals surface area contributed by atoms with Gasteiger partial charge in [0.2, 0.25) is 0 Å². The molecule has 0 fully saturated rings. The number of ether oxygens (including phenoxy) is 1. The number of hydrogen-bond donors (Lipinski definition) is 1. The highest BCUT2D eigenvalue weighted by Gasteiger charge is 2.03. The summed E-state index contributed by atoms with van der Waals surface area (Å²) >= 11 is 0. The molecule has 0 spiro atoms. The van der Waals surface area contributed by atoms with E-state index < -0.39 is 0 Å². The van der Waals surface area contributed by atoms with E-state index in [2.05, 4.69) is 43.1 Å². The molecule has 1 atom stereocenters. The number of pyridine rings is 1. The van der Waals surface area contributed by atoms with Crippen molar-refractivity contribution >= 4 is 0 Å². The van der Waals surface area contributed by atoms with Crippen LogP contribution >= 0.6 is 0 Å². The summed E-state index contributed by atoms with van der Waals surface area (Å²) in [6, 6.07) is 12.7. The smallest absolute Gasteiger partial charge is 0.138 e. The molecular formula is C18H24N2O. The first-order chi connectivity index (χ1) is 10.2. The number of aromatic nitrogens is 1. The summed E-state index contributed by atoms with van der Waals surface area (Å²) in [5, 5.41) is 0. The Morgan fingerprint density at radius 1 is 1.05 bits per heavy atom. The fraction of sp³-hybridized carbons (Fsp3) is 0.389. The average Bonchev–Trinajstić information content (AvgIpc) is 2.54. The third kappa shape index (κ3) is 4.87. The maximum Gasteiger partial charge on any atom is 0.138 e. The van der Waals surface area contributed by atoms with E-state index in [0.717, 1.165) is 30.7 Å². The number of benzene rings is 1. The van der Waals surface area contributed by atoms with Gasteiger partial charge in [-0.2, -0.15) is 0 Å². The van der Waals surface area contributed by atoms with Crippen molar-refractivity contribution in [2.24, 2.45) is 5.73 Å². The zero-order valence-corrected chi connectivity index (χ0v) is 12.9. The van der Waals surface area contributed by atoms with Gasteiger partial charge in [-0.1, -0.05) is 38.1 Å². The topological polar surface area (TPSA) is 48.1 Å². The van der Waals surface area contributed by atoms with E-state index in [9.17, 15) is 0 Å². The molecule has 3 nitrogen and oxygen atoms in total. The first-order valence-electron chi connectivity index (χ1n) is 7.62. The summed E-state index contributed by atoms with van der Waals surface area (Å²) in [4.78, 5) is 4.40. The van der Waals surface area contributed by atoms with E-state index in [4.69, 9.17) is 10.5 Å². The number of aryl methyl sites for hydroxylation is 1. The second-order valence-electron chi connectivity index (χ2n) is 5.32. The third-order valence-corrected chi connectivity index (χ3v) is 3.63. The normalized spacial score (nSPS) is 12.1. The SMILES string of the molecule is CCc1ccc(COc2ccc(CC(N)CC)nc2)cc1. The average molecular weight is 284 g/mol. The molecule has 1 heterocycles. The van der Waals surface area contributed by atoms with E-state index in [1.807, 2.05) is 12.1 Å². The summed E-state index contributed by atoms with van der Waals surface area (Å²) in [5.74, 6) is 0.795. The van der Waals surface area contributed by atoms with Gasteiger partial charge in [-0.05, 0) is 36.1 Å². The van der Waals surface area contributed by atoms with Crippen molar-refractivity contribution in [3.05, 3.63) is 59.4 Å². The van der Waals surface area contributed by atoms with E-state index in [1.54, 1.807) is 6.20 Å². The van der Waals surface area contributed by atoms with E-state index >= 15 is 0 Å². The molecule has 0 saturated heterocycles. The zero-order chi connectivity index (χ0) is 15.1. The Morgan fingerprint density at radius 2 is 1.76 bits per heavy atom. The van der Waals surface area contributed by atoms with Gasteiger partial charge in [-0.15, -0.1) is 0 Å². The van der Waals surface area contributed by atoms with Crippen LogP contribution in [0.3, 0.4) is 0 Å². The molecule has 0 amide bonds. The molecule has 0 aliphatic carbocycles. The number of hydrogen-bond acceptors (Lipinski definition) is 3. The lowest BCUT2D eigenvalue weighted by atomic mass is 10.1. The molecule has 3 heteroatoms. The van der Waals surface area contributed by atoms with Gasteiger partial charge >= 0.3 is 0 Å². The summed E-state index contributed by atoms with van der Waals surface area (Å²) in [5.41, 5.74) is 9.46. The Labute approximate surface area is 127 Å². The number of rotatable bonds is 7. The molecule has 1 aromatic heterocycles. The van der Waals surface area contributed by atoms with Gasteiger partial charge in [0.1, 0.15) is 12.4 Å². The van der Waals surface area contributed by atoms with Crippen LogP contribution in [-0.4, -0.2) is 11.0 Å². The molecule has 1 aromatic carbocycles. The van der Waals surface area contributed by atoms with Crippen molar-refractivity contribution in [1.29, 1.82) is 0 Å². The van der Waals surface area contributed by atoms with Gasteiger partial charge in [-0.3, -0.25) is 4.98 Å². The standard InChI is InChI=1S/C18H24N2O/c1-3-14-5-7-15(8-6-14)13-21-18-10-9-17(20-12-18)11-16(19)4-2/h5-10,12,16H,3-4,11,13,19H2,1-2H3. The molecule has 0 saturated carbocycles. The van der Waals surface area contributed by atoms with Gasteiger partial charge in [0.15, 0.2) is 0 Å². The fourth-order valence-corrected chi connectivity index (χ4v) is 2.07. The van der Waals surface area contributed by atoms with Crippen molar-refractivity contribution in [3.63, 3.8) is 0 Å². The highest BCUT2D eigenvalue weighted by molar-refractivity contribution is 5.24.